The molecule has 0 fully saturated rings. The van der Waals surface area contributed by atoms with Gasteiger partial charge in [0.2, 0.25) is 0 Å². The first kappa shape index (κ1) is 21.4. The van der Waals surface area contributed by atoms with Crippen molar-refractivity contribution in [2.45, 2.75) is 37.2 Å². The average Bonchev–Trinajstić information content (AvgIpc) is 2.75. The summed E-state index contributed by atoms with van der Waals surface area (Å²) in [5.41, 5.74) is 1.26. The summed E-state index contributed by atoms with van der Waals surface area (Å²) in [6.07, 6.45) is 0.751. The lowest BCUT2D eigenvalue weighted by Crippen LogP contribution is -2.26. The van der Waals surface area contributed by atoms with E-state index in [1.54, 1.807) is 47.9 Å². The second-order valence-corrected chi connectivity index (χ2v) is 8.93. The van der Waals surface area contributed by atoms with Crippen LogP contribution in [0, 0.1) is 0 Å². The highest BCUT2D eigenvalue weighted by atomic mass is 35.5. The molecule has 160 valence electrons. The number of amides is 1. The third kappa shape index (κ3) is 4.31. The van der Waals surface area contributed by atoms with Crippen molar-refractivity contribution in [1.82, 2.24) is 9.55 Å². The summed E-state index contributed by atoms with van der Waals surface area (Å²) in [6.45, 7) is 4.20. The molecule has 1 aliphatic rings. The molecule has 4 rings (SSSR count). The summed E-state index contributed by atoms with van der Waals surface area (Å²) < 4.78 is 6.95. The molecule has 0 saturated carbocycles. The lowest BCUT2D eigenvalue weighted by molar-refractivity contribution is -0.118. The van der Waals surface area contributed by atoms with E-state index in [1.165, 1.54) is 11.8 Å². The number of anilines is 1. The van der Waals surface area contributed by atoms with Crippen molar-refractivity contribution in [1.29, 1.82) is 0 Å². The van der Waals surface area contributed by atoms with E-state index >= 15 is 0 Å². The molecular weight excluding hydrogens is 438 g/mol. The molecule has 31 heavy (non-hydrogen) atoms. The summed E-state index contributed by atoms with van der Waals surface area (Å²) in [5.74, 6) is 0.125. The maximum atomic E-state index is 13.1. The SMILES string of the molecule is CCCn1c(SC(C)C(=O)c2ccc3c(c2)NC(=O)CO3)nc2cc(Cl)ccc2c1=O. The van der Waals surface area contributed by atoms with Crippen LogP contribution in [0.2, 0.25) is 5.02 Å². The molecule has 1 amide bonds. The first-order valence-corrected chi connectivity index (χ1v) is 11.1. The number of aromatic nitrogens is 2. The number of ketones is 1. The Bertz CT molecular complexity index is 1260. The Morgan fingerprint density at radius 3 is 2.87 bits per heavy atom. The molecule has 0 aliphatic carbocycles. The standard InChI is InChI=1S/C22H20ClN3O4S/c1-3-8-26-21(29)15-6-5-14(23)10-16(15)25-22(26)31-12(2)20(28)13-4-7-18-17(9-13)24-19(27)11-30-18/h4-7,9-10,12H,3,8,11H2,1-2H3,(H,24,27). The number of benzene rings is 2. The Hall–Kier alpha value is -2.84. The molecule has 7 nitrogen and oxygen atoms in total. The van der Waals surface area contributed by atoms with Crippen LogP contribution in [0.15, 0.2) is 46.3 Å². The molecule has 1 unspecified atom stereocenters. The van der Waals surface area contributed by atoms with Gasteiger partial charge in [-0.1, -0.05) is 30.3 Å². The highest BCUT2D eigenvalue weighted by Gasteiger charge is 2.23. The minimum absolute atomic E-state index is 0.0425. The van der Waals surface area contributed by atoms with Gasteiger partial charge in [-0.25, -0.2) is 4.98 Å². The van der Waals surface area contributed by atoms with Crippen LogP contribution in [0.25, 0.3) is 10.9 Å². The number of thioether (sulfide) groups is 1. The maximum absolute atomic E-state index is 13.1. The lowest BCUT2D eigenvalue weighted by atomic mass is 10.1. The Morgan fingerprint density at radius 2 is 2.10 bits per heavy atom. The first-order chi connectivity index (χ1) is 14.9. The first-order valence-electron chi connectivity index (χ1n) is 9.85. The molecule has 1 aromatic heterocycles. The maximum Gasteiger partial charge on any atom is 0.262 e. The van der Waals surface area contributed by atoms with Crippen LogP contribution in [0.5, 0.6) is 5.75 Å². The molecule has 0 saturated heterocycles. The van der Waals surface area contributed by atoms with E-state index in [0.717, 1.165) is 6.42 Å². The van der Waals surface area contributed by atoms with Crippen molar-refractivity contribution in [3.63, 3.8) is 0 Å². The van der Waals surface area contributed by atoms with Crippen molar-refractivity contribution in [3.05, 3.63) is 57.3 Å². The molecule has 1 N–H and O–H groups in total. The number of ether oxygens (including phenoxy) is 1. The monoisotopic (exact) mass is 457 g/mol. The number of hydrogen-bond donors (Lipinski definition) is 1. The number of rotatable bonds is 6. The van der Waals surface area contributed by atoms with Gasteiger partial charge in [-0.05, 0) is 49.7 Å². The van der Waals surface area contributed by atoms with Crippen LogP contribution < -0.4 is 15.6 Å². The third-order valence-corrected chi connectivity index (χ3v) is 6.20. The number of Topliss-reactive ketones (excluding diaryl/α,β-unsaturated/α-hetero) is 1. The minimum Gasteiger partial charge on any atom is -0.482 e. The van der Waals surface area contributed by atoms with Crippen molar-refractivity contribution in [2.24, 2.45) is 0 Å². The fourth-order valence-electron chi connectivity index (χ4n) is 3.37. The Morgan fingerprint density at radius 1 is 1.29 bits per heavy atom. The lowest BCUT2D eigenvalue weighted by Gasteiger charge is -2.19. The quantitative estimate of drug-likeness (QED) is 0.339. The summed E-state index contributed by atoms with van der Waals surface area (Å²) in [4.78, 5) is 42.3. The van der Waals surface area contributed by atoms with Gasteiger partial charge in [-0.15, -0.1) is 0 Å². The van der Waals surface area contributed by atoms with Crippen LogP contribution in [0.4, 0.5) is 5.69 Å². The second-order valence-electron chi connectivity index (χ2n) is 7.18. The molecule has 2 heterocycles. The van der Waals surface area contributed by atoms with Gasteiger partial charge in [-0.3, -0.25) is 19.0 Å². The van der Waals surface area contributed by atoms with Crippen molar-refractivity contribution < 1.29 is 14.3 Å². The molecule has 1 atom stereocenters. The van der Waals surface area contributed by atoms with Crippen LogP contribution in [-0.4, -0.2) is 33.1 Å². The Kier molecular flexibility index (Phi) is 6.02. The number of halogens is 1. The zero-order chi connectivity index (χ0) is 22.1. The average molecular weight is 458 g/mol. The summed E-state index contributed by atoms with van der Waals surface area (Å²) >= 11 is 7.31. The molecule has 0 radical (unpaired) electrons. The fourth-order valence-corrected chi connectivity index (χ4v) is 4.55. The molecule has 0 spiro atoms. The van der Waals surface area contributed by atoms with Gasteiger partial charge in [0.05, 0.1) is 21.8 Å². The predicted molar refractivity (Wildman–Crippen MR) is 122 cm³/mol. The van der Waals surface area contributed by atoms with Crippen LogP contribution in [0.3, 0.4) is 0 Å². The minimum atomic E-state index is -0.509. The zero-order valence-corrected chi connectivity index (χ0v) is 18.5. The van der Waals surface area contributed by atoms with Gasteiger partial charge in [-0.2, -0.15) is 0 Å². The Labute approximate surface area is 187 Å². The molecule has 1 aliphatic heterocycles. The summed E-state index contributed by atoms with van der Waals surface area (Å²) in [7, 11) is 0. The topological polar surface area (TPSA) is 90.3 Å². The number of nitrogens with one attached hydrogen (secondary N) is 1. The van der Waals surface area contributed by atoms with E-state index in [9.17, 15) is 14.4 Å². The van der Waals surface area contributed by atoms with E-state index in [1.807, 2.05) is 6.92 Å². The number of nitrogens with zero attached hydrogens (tertiary/aromatic N) is 2. The largest absolute Gasteiger partial charge is 0.482 e. The number of hydrogen-bond acceptors (Lipinski definition) is 6. The van der Waals surface area contributed by atoms with E-state index in [0.29, 0.717) is 44.6 Å². The van der Waals surface area contributed by atoms with Gasteiger partial charge in [0.1, 0.15) is 5.75 Å². The van der Waals surface area contributed by atoms with Crippen LogP contribution in [0.1, 0.15) is 30.6 Å². The van der Waals surface area contributed by atoms with Gasteiger partial charge < -0.3 is 10.1 Å². The Balaban J connectivity index is 1.66. The predicted octanol–water partition coefficient (Wildman–Crippen LogP) is 4.15. The van der Waals surface area contributed by atoms with Crippen molar-refractivity contribution >= 4 is 51.6 Å². The van der Waals surface area contributed by atoms with Crippen LogP contribution >= 0.6 is 23.4 Å². The van der Waals surface area contributed by atoms with E-state index in [2.05, 4.69) is 10.3 Å². The second kappa shape index (κ2) is 8.72. The zero-order valence-electron chi connectivity index (χ0n) is 17.0. The van der Waals surface area contributed by atoms with Crippen molar-refractivity contribution in [3.8, 4) is 5.75 Å². The van der Waals surface area contributed by atoms with Gasteiger partial charge in [0.15, 0.2) is 17.5 Å². The number of fused-ring (bicyclic) bond motifs is 2. The number of carbonyl (C=O) groups excluding carboxylic acids is 2. The molecular formula is C22H20ClN3O4S. The van der Waals surface area contributed by atoms with E-state index < -0.39 is 5.25 Å². The van der Waals surface area contributed by atoms with Crippen molar-refractivity contribution in [2.75, 3.05) is 11.9 Å². The molecule has 3 aromatic rings. The highest BCUT2D eigenvalue weighted by molar-refractivity contribution is 8.00. The molecule has 0 bridgehead atoms. The van der Waals surface area contributed by atoms with E-state index in [-0.39, 0.29) is 23.9 Å². The normalized spacial score (nSPS) is 14.0. The summed E-state index contributed by atoms with van der Waals surface area (Å²) in [6, 6.07) is 9.94. The van der Waals surface area contributed by atoms with E-state index in [4.69, 9.17) is 16.3 Å². The van der Waals surface area contributed by atoms with Crippen LogP contribution in [-0.2, 0) is 11.3 Å². The molecule has 2 aromatic carbocycles. The fraction of sp³-hybridized carbons (Fsp3) is 0.273. The van der Waals surface area contributed by atoms with Gasteiger partial charge in [0.25, 0.3) is 11.5 Å². The highest BCUT2D eigenvalue weighted by Crippen LogP contribution is 2.31. The molecule has 9 heteroatoms. The smallest absolute Gasteiger partial charge is 0.262 e. The number of carbonyl (C=O) groups is 2. The van der Waals surface area contributed by atoms with Gasteiger partial charge >= 0.3 is 0 Å². The third-order valence-electron chi connectivity index (χ3n) is 4.88. The summed E-state index contributed by atoms with van der Waals surface area (Å²) in [5, 5.41) is 3.65. The van der Waals surface area contributed by atoms with Gasteiger partial charge in [0, 0.05) is 17.1 Å².